The monoisotopic (exact) mass is 221 g/mol. The van der Waals surface area contributed by atoms with Crippen molar-refractivity contribution in [3.05, 3.63) is 12.4 Å². The van der Waals surface area contributed by atoms with E-state index in [9.17, 15) is 18.0 Å². The van der Waals surface area contributed by atoms with Gasteiger partial charge in [-0.15, -0.1) is 0 Å². The van der Waals surface area contributed by atoms with E-state index >= 15 is 0 Å². The summed E-state index contributed by atoms with van der Waals surface area (Å²) in [5.41, 5.74) is 0.0334. The number of alkyl halides is 3. The van der Waals surface area contributed by atoms with E-state index in [4.69, 9.17) is 0 Å². The van der Waals surface area contributed by atoms with E-state index in [1.807, 2.05) is 13.8 Å². The molecule has 15 heavy (non-hydrogen) atoms. The van der Waals surface area contributed by atoms with Crippen LogP contribution in [-0.2, 0) is 4.79 Å². The molecule has 1 aromatic rings. The lowest BCUT2D eigenvalue weighted by Gasteiger charge is -2.05. The SMILES string of the molecule is CC(C)n1cc(NC(=O)C(F)(F)F)cn1. The van der Waals surface area contributed by atoms with Crippen LogP contribution < -0.4 is 5.32 Å². The molecule has 0 spiro atoms. The number of nitrogens with zero attached hydrogens (tertiary/aromatic N) is 2. The van der Waals surface area contributed by atoms with Crippen LogP contribution in [0.5, 0.6) is 0 Å². The average molecular weight is 221 g/mol. The van der Waals surface area contributed by atoms with Gasteiger partial charge < -0.3 is 5.32 Å². The van der Waals surface area contributed by atoms with Crippen LogP contribution in [0.3, 0.4) is 0 Å². The van der Waals surface area contributed by atoms with Gasteiger partial charge >= 0.3 is 12.1 Å². The van der Waals surface area contributed by atoms with Crippen LogP contribution in [0.1, 0.15) is 19.9 Å². The van der Waals surface area contributed by atoms with Crippen LogP contribution >= 0.6 is 0 Å². The van der Waals surface area contributed by atoms with Crippen LogP contribution in [0.15, 0.2) is 12.4 Å². The number of hydrogen-bond donors (Lipinski definition) is 1. The molecule has 4 nitrogen and oxygen atoms in total. The number of halogens is 3. The third-order valence-corrected chi connectivity index (χ3v) is 1.65. The van der Waals surface area contributed by atoms with Crippen LogP contribution in [0.2, 0.25) is 0 Å². The van der Waals surface area contributed by atoms with Crippen molar-refractivity contribution < 1.29 is 18.0 Å². The summed E-state index contributed by atoms with van der Waals surface area (Å²) in [5, 5.41) is 5.50. The highest BCUT2D eigenvalue weighted by molar-refractivity contribution is 5.94. The number of anilines is 1. The molecule has 1 N–H and O–H groups in total. The fourth-order valence-corrected chi connectivity index (χ4v) is 0.887. The Hall–Kier alpha value is -1.53. The van der Waals surface area contributed by atoms with Crippen molar-refractivity contribution in [2.75, 3.05) is 5.32 Å². The number of aromatic nitrogens is 2. The molecule has 0 saturated carbocycles. The van der Waals surface area contributed by atoms with E-state index in [1.165, 1.54) is 17.1 Å². The Bertz CT molecular complexity index is 356. The van der Waals surface area contributed by atoms with Crippen molar-refractivity contribution in [3.63, 3.8) is 0 Å². The summed E-state index contributed by atoms with van der Waals surface area (Å²) in [5.74, 6) is -1.99. The van der Waals surface area contributed by atoms with E-state index in [2.05, 4.69) is 5.10 Å². The Morgan fingerprint density at radius 3 is 2.53 bits per heavy atom. The zero-order chi connectivity index (χ0) is 11.6. The summed E-state index contributed by atoms with van der Waals surface area (Å²) in [7, 11) is 0. The molecule has 0 aliphatic heterocycles. The summed E-state index contributed by atoms with van der Waals surface area (Å²) >= 11 is 0. The first kappa shape index (κ1) is 11.5. The van der Waals surface area contributed by atoms with Gasteiger partial charge in [0, 0.05) is 12.2 Å². The van der Waals surface area contributed by atoms with Gasteiger partial charge in [-0.05, 0) is 13.8 Å². The number of rotatable bonds is 2. The molecule has 0 aliphatic rings. The summed E-state index contributed by atoms with van der Waals surface area (Å²) in [6, 6.07) is 0.0292. The van der Waals surface area contributed by atoms with E-state index in [0.29, 0.717) is 0 Å². The van der Waals surface area contributed by atoms with Crippen LogP contribution in [0.25, 0.3) is 0 Å². The molecule has 0 saturated heterocycles. The molecular formula is C8H10F3N3O. The summed E-state index contributed by atoms with van der Waals surface area (Å²) in [4.78, 5) is 10.5. The zero-order valence-corrected chi connectivity index (χ0v) is 8.17. The van der Waals surface area contributed by atoms with Crippen molar-refractivity contribution >= 4 is 11.6 Å². The number of nitrogens with one attached hydrogen (secondary N) is 1. The Morgan fingerprint density at radius 2 is 2.13 bits per heavy atom. The molecule has 0 fully saturated rings. The standard InChI is InChI=1S/C8H10F3N3O/c1-5(2)14-4-6(3-12-14)13-7(15)8(9,10)11/h3-5H,1-2H3,(H,13,15). The van der Waals surface area contributed by atoms with Crippen molar-refractivity contribution in [3.8, 4) is 0 Å². The predicted molar refractivity (Wildman–Crippen MR) is 47.3 cm³/mol. The Morgan fingerprint density at radius 1 is 1.53 bits per heavy atom. The third kappa shape index (κ3) is 2.97. The Labute approximate surface area is 84.1 Å². The molecule has 0 aliphatic carbocycles. The maximum absolute atomic E-state index is 11.9. The molecule has 0 unspecified atom stereocenters. The first-order valence-electron chi connectivity index (χ1n) is 4.23. The molecule has 0 atom stereocenters. The maximum Gasteiger partial charge on any atom is 0.471 e. The second-order valence-electron chi connectivity index (χ2n) is 3.25. The molecule has 0 aromatic carbocycles. The van der Waals surface area contributed by atoms with Gasteiger partial charge in [0.15, 0.2) is 0 Å². The first-order valence-corrected chi connectivity index (χ1v) is 4.23. The lowest BCUT2D eigenvalue weighted by molar-refractivity contribution is -0.167. The number of hydrogen-bond acceptors (Lipinski definition) is 2. The van der Waals surface area contributed by atoms with Gasteiger partial charge in [0.05, 0.1) is 11.9 Å². The van der Waals surface area contributed by atoms with Gasteiger partial charge in [0.1, 0.15) is 0 Å². The fourth-order valence-electron chi connectivity index (χ4n) is 0.887. The minimum absolute atomic E-state index is 0.0292. The lowest BCUT2D eigenvalue weighted by atomic mass is 10.4. The van der Waals surface area contributed by atoms with E-state index in [1.54, 1.807) is 5.32 Å². The number of carbonyl (C=O) groups is 1. The van der Waals surface area contributed by atoms with Crippen molar-refractivity contribution in [1.82, 2.24) is 9.78 Å². The first-order chi connectivity index (χ1) is 6.80. The quantitative estimate of drug-likeness (QED) is 0.829. The summed E-state index contributed by atoms with van der Waals surface area (Å²) in [6.07, 6.45) is -2.36. The molecule has 7 heteroatoms. The fraction of sp³-hybridized carbons (Fsp3) is 0.500. The number of carbonyl (C=O) groups excluding carboxylic acids is 1. The summed E-state index contributed by atoms with van der Waals surface area (Å²) in [6.45, 7) is 3.64. The zero-order valence-electron chi connectivity index (χ0n) is 8.17. The van der Waals surface area contributed by atoms with Crippen molar-refractivity contribution in [2.45, 2.75) is 26.1 Å². The Balaban J connectivity index is 2.70. The minimum Gasteiger partial charge on any atom is -0.316 e. The van der Waals surface area contributed by atoms with Gasteiger partial charge in [-0.25, -0.2) is 0 Å². The smallest absolute Gasteiger partial charge is 0.316 e. The van der Waals surface area contributed by atoms with Crippen LogP contribution in [0.4, 0.5) is 18.9 Å². The molecule has 84 valence electrons. The number of amides is 1. The van der Waals surface area contributed by atoms with Crippen LogP contribution in [-0.4, -0.2) is 21.9 Å². The molecule has 1 heterocycles. The lowest BCUT2D eigenvalue weighted by Crippen LogP contribution is -2.29. The van der Waals surface area contributed by atoms with Gasteiger partial charge in [0.2, 0.25) is 0 Å². The largest absolute Gasteiger partial charge is 0.471 e. The third-order valence-electron chi connectivity index (χ3n) is 1.65. The average Bonchev–Trinajstić information content (AvgIpc) is 2.50. The Kier molecular flexibility index (Phi) is 3.01. The summed E-state index contributed by atoms with van der Waals surface area (Å²) < 4.78 is 37.0. The molecule has 1 rings (SSSR count). The van der Waals surface area contributed by atoms with E-state index < -0.39 is 12.1 Å². The molecule has 1 aromatic heterocycles. The molecule has 0 bridgehead atoms. The van der Waals surface area contributed by atoms with Crippen molar-refractivity contribution in [2.24, 2.45) is 0 Å². The van der Waals surface area contributed by atoms with Crippen molar-refractivity contribution in [1.29, 1.82) is 0 Å². The highest BCUT2D eigenvalue weighted by atomic mass is 19.4. The van der Waals surface area contributed by atoms with Gasteiger partial charge in [-0.2, -0.15) is 18.3 Å². The van der Waals surface area contributed by atoms with Crippen LogP contribution in [0, 0.1) is 0 Å². The van der Waals surface area contributed by atoms with E-state index in [0.717, 1.165) is 0 Å². The highest BCUT2D eigenvalue weighted by Crippen LogP contribution is 2.18. The van der Waals surface area contributed by atoms with Gasteiger partial charge in [0.25, 0.3) is 0 Å². The molecular weight excluding hydrogens is 211 g/mol. The predicted octanol–water partition coefficient (Wildman–Crippen LogP) is 1.96. The molecule has 1 amide bonds. The topological polar surface area (TPSA) is 46.9 Å². The van der Waals surface area contributed by atoms with E-state index in [-0.39, 0.29) is 11.7 Å². The molecule has 0 radical (unpaired) electrons. The highest BCUT2D eigenvalue weighted by Gasteiger charge is 2.38. The van der Waals surface area contributed by atoms with Gasteiger partial charge in [-0.1, -0.05) is 0 Å². The minimum atomic E-state index is -4.88. The van der Waals surface area contributed by atoms with Gasteiger partial charge in [-0.3, -0.25) is 9.48 Å². The second-order valence-corrected chi connectivity index (χ2v) is 3.25. The normalized spacial score (nSPS) is 11.9. The maximum atomic E-state index is 11.9. The second kappa shape index (κ2) is 3.92.